The number of hydrogen-bond acceptors (Lipinski definition) is 3. The molecule has 0 amide bonds. The minimum absolute atomic E-state index is 0.484. The van der Waals surface area contributed by atoms with E-state index < -0.39 is 5.41 Å². The van der Waals surface area contributed by atoms with E-state index in [-0.39, 0.29) is 0 Å². The summed E-state index contributed by atoms with van der Waals surface area (Å²) in [5, 5.41) is 4.43. The van der Waals surface area contributed by atoms with Crippen LogP contribution in [0.2, 0.25) is 0 Å². The number of para-hydroxylation sites is 3. The van der Waals surface area contributed by atoms with Gasteiger partial charge in [0.05, 0.1) is 11.1 Å². The monoisotopic (exact) mass is 757 g/mol. The van der Waals surface area contributed by atoms with E-state index in [4.69, 9.17) is 8.83 Å². The van der Waals surface area contributed by atoms with E-state index >= 15 is 0 Å². The summed E-state index contributed by atoms with van der Waals surface area (Å²) in [5.41, 5.74) is 15.8. The molecule has 0 saturated heterocycles. The second-order valence-electron chi connectivity index (χ2n) is 15.3. The fourth-order valence-corrected chi connectivity index (χ4v) is 9.50. The van der Waals surface area contributed by atoms with Gasteiger partial charge in [0.15, 0.2) is 5.58 Å². The van der Waals surface area contributed by atoms with Gasteiger partial charge < -0.3 is 13.7 Å². The third-order valence-corrected chi connectivity index (χ3v) is 12.1. The normalized spacial score (nSPS) is 15.0. The van der Waals surface area contributed by atoms with Crippen molar-refractivity contribution in [2.24, 2.45) is 0 Å². The third kappa shape index (κ3) is 5.36. The molecular weight excluding hydrogens is 719 g/mol. The minimum atomic E-state index is -0.484. The molecule has 2 aromatic heterocycles. The lowest BCUT2D eigenvalue weighted by Crippen LogP contribution is -2.28. The first-order valence-electron chi connectivity index (χ1n) is 20.1. The van der Waals surface area contributed by atoms with Gasteiger partial charge in [-0.15, -0.1) is 0 Å². The number of furan rings is 2. The average Bonchev–Trinajstić information content (AvgIpc) is 3.95. The van der Waals surface area contributed by atoms with Crippen molar-refractivity contribution < 1.29 is 8.83 Å². The van der Waals surface area contributed by atoms with Crippen LogP contribution in [0.15, 0.2) is 227 Å². The molecule has 1 atom stereocenters. The molecule has 11 rings (SSSR count). The Morgan fingerprint density at radius 1 is 0.508 bits per heavy atom. The summed E-state index contributed by atoms with van der Waals surface area (Å²) in [4.78, 5) is 2.27. The Labute approximate surface area is 343 Å². The smallest absolute Gasteiger partial charge is 0.159 e. The van der Waals surface area contributed by atoms with E-state index in [1.54, 1.807) is 0 Å². The Morgan fingerprint density at radius 2 is 1.19 bits per heavy atom. The summed E-state index contributed by atoms with van der Waals surface area (Å²) in [5.74, 6) is 0. The van der Waals surface area contributed by atoms with E-state index in [1.807, 2.05) is 30.4 Å². The fraction of sp³-hybridized carbons (Fsp3) is 0.0357. The quantitative estimate of drug-likeness (QED) is 0.145. The molecule has 280 valence electrons. The number of rotatable bonds is 8. The summed E-state index contributed by atoms with van der Waals surface area (Å²) in [6, 6.07) is 64.9. The molecule has 59 heavy (non-hydrogen) atoms. The van der Waals surface area contributed by atoms with Gasteiger partial charge in [0.2, 0.25) is 0 Å². The molecule has 0 bridgehead atoms. The van der Waals surface area contributed by atoms with Crippen molar-refractivity contribution in [2.75, 3.05) is 4.90 Å². The summed E-state index contributed by atoms with van der Waals surface area (Å²) in [7, 11) is 0. The Morgan fingerprint density at radius 3 is 2.02 bits per heavy atom. The van der Waals surface area contributed by atoms with Crippen molar-refractivity contribution in [2.45, 2.75) is 12.3 Å². The largest absolute Gasteiger partial charge is 0.456 e. The van der Waals surface area contributed by atoms with Crippen LogP contribution in [0, 0.1) is 0 Å². The summed E-state index contributed by atoms with van der Waals surface area (Å²) >= 11 is 0. The number of benzene rings is 8. The minimum Gasteiger partial charge on any atom is -0.456 e. The zero-order valence-corrected chi connectivity index (χ0v) is 32.6. The Hall–Kier alpha value is -7.62. The lowest BCUT2D eigenvalue weighted by atomic mass is 9.67. The van der Waals surface area contributed by atoms with Crippen LogP contribution in [0.4, 0.5) is 17.1 Å². The van der Waals surface area contributed by atoms with Gasteiger partial charge in [-0.25, -0.2) is 0 Å². The second-order valence-corrected chi connectivity index (χ2v) is 15.3. The molecule has 0 spiro atoms. The maximum absolute atomic E-state index is 6.82. The SMILES string of the molecule is C=C/C=C\C=C(/C)C1(c2ccccc2)c2ccccc2-c2cc3c(cc21)oc1cc(-c2ccc(N(c4ccccc4)c4cccc5c4oc4ccccc45)cc2)ccc13. The van der Waals surface area contributed by atoms with Gasteiger partial charge in [0.1, 0.15) is 16.7 Å². The van der Waals surface area contributed by atoms with Gasteiger partial charge in [-0.1, -0.05) is 158 Å². The maximum Gasteiger partial charge on any atom is 0.159 e. The number of allylic oxidation sites excluding steroid dienone is 5. The van der Waals surface area contributed by atoms with E-state index in [0.29, 0.717) is 0 Å². The first kappa shape index (κ1) is 34.6. The molecule has 0 fully saturated rings. The molecule has 0 saturated carbocycles. The maximum atomic E-state index is 6.82. The molecular formula is C56H39NO2. The highest BCUT2D eigenvalue weighted by molar-refractivity contribution is 6.11. The van der Waals surface area contributed by atoms with Crippen molar-refractivity contribution in [3.05, 3.63) is 235 Å². The number of hydrogen-bond donors (Lipinski definition) is 0. The van der Waals surface area contributed by atoms with Crippen LogP contribution >= 0.6 is 0 Å². The van der Waals surface area contributed by atoms with Crippen molar-refractivity contribution in [1.29, 1.82) is 0 Å². The number of fused-ring (bicyclic) bond motifs is 9. The molecule has 8 aromatic carbocycles. The van der Waals surface area contributed by atoms with Crippen molar-refractivity contribution in [1.82, 2.24) is 0 Å². The highest BCUT2D eigenvalue weighted by Gasteiger charge is 2.46. The predicted octanol–water partition coefficient (Wildman–Crippen LogP) is 15.6. The van der Waals surface area contributed by atoms with E-state index in [2.05, 4.69) is 194 Å². The van der Waals surface area contributed by atoms with Crippen LogP contribution in [0.1, 0.15) is 23.6 Å². The highest BCUT2D eigenvalue weighted by atomic mass is 16.3. The van der Waals surface area contributed by atoms with Crippen molar-refractivity contribution >= 4 is 60.9 Å². The average molecular weight is 758 g/mol. The Bertz CT molecular complexity index is 3290. The zero-order chi connectivity index (χ0) is 39.5. The third-order valence-electron chi connectivity index (χ3n) is 12.1. The standard InChI is InChI=1S/C56H39NO2/c1-3-4-7-17-37(2)56(40-18-8-5-9-19-40)49-25-14-12-22-43(49)47-35-48-45-33-30-39(34-53(45)58-54(48)36-50(47)56)38-28-31-42(32-29-38)57(41-20-10-6-11-21-41)51-26-16-24-46-44-23-13-15-27-52(44)59-55(46)51/h3-36H,1H2,2H3/b7-4-,37-17+. The lowest BCUT2D eigenvalue weighted by molar-refractivity contribution is 0.665. The van der Waals surface area contributed by atoms with Gasteiger partial charge in [-0.3, -0.25) is 0 Å². The molecule has 1 aliphatic rings. The highest BCUT2D eigenvalue weighted by Crippen LogP contribution is 2.57. The van der Waals surface area contributed by atoms with Crippen LogP contribution in [-0.2, 0) is 5.41 Å². The molecule has 1 aliphatic carbocycles. The first-order valence-corrected chi connectivity index (χ1v) is 20.1. The van der Waals surface area contributed by atoms with Gasteiger partial charge in [-0.05, 0) is 107 Å². The molecule has 1 unspecified atom stereocenters. The zero-order valence-electron chi connectivity index (χ0n) is 32.6. The van der Waals surface area contributed by atoms with Crippen molar-refractivity contribution in [3.8, 4) is 22.3 Å². The van der Waals surface area contributed by atoms with Gasteiger partial charge in [-0.2, -0.15) is 0 Å². The van der Waals surface area contributed by atoms with Gasteiger partial charge in [0.25, 0.3) is 0 Å². The molecule has 2 heterocycles. The van der Waals surface area contributed by atoms with Crippen LogP contribution in [-0.4, -0.2) is 0 Å². The van der Waals surface area contributed by atoms with Crippen LogP contribution in [0.5, 0.6) is 0 Å². The Kier molecular flexibility index (Phi) is 8.09. The van der Waals surface area contributed by atoms with Crippen LogP contribution < -0.4 is 4.90 Å². The van der Waals surface area contributed by atoms with Gasteiger partial charge in [0, 0.05) is 32.9 Å². The topological polar surface area (TPSA) is 29.5 Å². The molecule has 3 heteroatoms. The number of anilines is 3. The van der Waals surface area contributed by atoms with Gasteiger partial charge >= 0.3 is 0 Å². The second kappa shape index (κ2) is 13.8. The van der Waals surface area contributed by atoms with Crippen LogP contribution in [0.25, 0.3) is 66.1 Å². The van der Waals surface area contributed by atoms with E-state index in [0.717, 1.165) is 72.1 Å². The summed E-state index contributed by atoms with van der Waals surface area (Å²) in [6.07, 6.45) is 8.11. The van der Waals surface area contributed by atoms with E-state index in [1.165, 1.54) is 33.4 Å². The van der Waals surface area contributed by atoms with Crippen molar-refractivity contribution in [3.63, 3.8) is 0 Å². The molecule has 0 N–H and O–H groups in total. The molecule has 3 nitrogen and oxygen atoms in total. The fourth-order valence-electron chi connectivity index (χ4n) is 9.50. The predicted molar refractivity (Wildman–Crippen MR) is 246 cm³/mol. The molecule has 0 aliphatic heterocycles. The van der Waals surface area contributed by atoms with E-state index in [9.17, 15) is 0 Å². The molecule has 10 aromatic rings. The van der Waals surface area contributed by atoms with Crippen LogP contribution in [0.3, 0.4) is 0 Å². The summed E-state index contributed by atoms with van der Waals surface area (Å²) < 4.78 is 13.3. The number of nitrogens with zero attached hydrogens (tertiary/aromatic N) is 1. The lowest BCUT2D eigenvalue weighted by Gasteiger charge is -2.34. The Balaban J connectivity index is 1.02. The molecule has 0 radical (unpaired) electrons. The summed E-state index contributed by atoms with van der Waals surface area (Å²) in [6.45, 7) is 6.14. The first-order chi connectivity index (χ1) is 29.1.